The van der Waals surface area contributed by atoms with Crippen molar-refractivity contribution < 1.29 is 14.0 Å². The third-order valence-corrected chi connectivity index (χ3v) is 6.12. The molecular formula is C22H28NO2+. The summed E-state index contributed by atoms with van der Waals surface area (Å²) < 4.78 is 15.4. The fourth-order valence-electron chi connectivity index (χ4n) is 5.28. The molecule has 5 rings (SSSR count). The molecule has 0 fully saturated rings. The summed E-state index contributed by atoms with van der Waals surface area (Å²) in [4.78, 5) is 0. The maximum Gasteiger partial charge on any atom is 0.196 e. The van der Waals surface area contributed by atoms with Crippen LogP contribution in [0, 0.1) is 12.3 Å². The fourth-order valence-corrected chi connectivity index (χ4v) is 5.28. The summed E-state index contributed by atoms with van der Waals surface area (Å²) in [6.45, 7) is 12.2. The van der Waals surface area contributed by atoms with Crippen molar-refractivity contribution in [2.24, 2.45) is 5.41 Å². The highest BCUT2D eigenvalue weighted by atomic mass is 16.7. The van der Waals surface area contributed by atoms with Crippen molar-refractivity contribution in [3.05, 3.63) is 65.0 Å². The molecule has 0 saturated carbocycles. The Morgan fingerprint density at radius 1 is 1.00 bits per heavy atom. The Balaban J connectivity index is 2.10. The van der Waals surface area contributed by atoms with Gasteiger partial charge in [-0.2, -0.15) is 4.57 Å². The smallest absolute Gasteiger partial charge is 0.196 e. The van der Waals surface area contributed by atoms with Gasteiger partial charge >= 0.3 is 0 Å². The number of rotatable bonds is 4. The summed E-state index contributed by atoms with van der Waals surface area (Å²) in [5.74, 6) is -0.577. The average Bonchev–Trinajstić information content (AvgIpc) is 2.58. The van der Waals surface area contributed by atoms with Crippen LogP contribution in [0.3, 0.4) is 0 Å². The zero-order chi connectivity index (χ0) is 17.8. The minimum Gasteiger partial charge on any atom is -0.348 e. The molecule has 1 aliphatic carbocycles. The topological polar surface area (TPSA) is 22.3 Å². The lowest BCUT2D eigenvalue weighted by molar-refractivity contribution is -0.755. The van der Waals surface area contributed by atoms with Gasteiger partial charge in [0, 0.05) is 30.9 Å². The van der Waals surface area contributed by atoms with Crippen molar-refractivity contribution in [3.63, 3.8) is 0 Å². The predicted molar refractivity (Wildman–Crippen MR) is 97.6 cm³/mol. The number of pyridine rings is 1. The molecule has 2 aromatic rings. The molecule has 132 valence electrons. The second kappa shape index (κ2) is 5.65. The Hall–Kier alpha value is -1.71. The molecule has 0 radical (unpaired) electrons. The number of fused-ring (bicyclic) bond motifs is 1. The van der Waals surface area contributed by atoms with Gasteiger partial charge in [-0.1, -0.05) is 24.3 Å². The summed E-state index contributed by atoms with van der Waals surface area (Å²) in [5, 5.41) is 0. The number of nitrogens with zero attached hydrogens (tertiary/aromatic N) is 1. The van der Waals surface area contributed by atoms with E-state index in [1.807, 2.05) is 0 Å². The van der Waals surface area contributed by atoms with Gasteiger partial charge in [-0.05, 0) is 45.7 Å². The van der Waals surface area contributed by atoms with Gasteiger partial charge in [0.25, 0.3) is 0 Å². The van der Waals surface area contributed by atoms with Gasteiger partial charge in [-0.25, -0.2) is 0 Å². The van der Waals surface area contributed by atoms with Crippen molar-refractivity contribution in [1.82, 2.24) is 0 Å². The van der Waals surface area contributed by atoms with Crippen molar-refractivity contribution in [2.45, 2.75) is 52.4 Å². The first-order valence-electron chi connectivity index (χ1n) is 9.37. The van der Waals surface area contributed by atoms with Crippen LogP contribution in [0.15, 0.2) is 42.6 Å². The van der Waals surface area contributed by atoms with Crippen LogP contribution in [-0.2, 0) is 9.47 Å². The first kappa shape index (κ1) is 16.7. The zero-order valence-electron chi connectivity index (χ0n) is 15.9. The number of hydrogen-bond donors (Lipinski definition) is 0. The molecule has 3 aliphatic rings. The summed E-state index contributed by atoms with van der Waals surface area (Å²) in [5.41, 5.74) is 5.22. The highest BCUT2D eigenvalue weighted by Crippen LogP contribution is 2.62. The highest BCUT2D eigenvalue weighted by molar-refractivity contribution is 5.49. The van der Waals surface area contributed by atoms with Gasteiger partial charge in [0.1, 0.15) is 5.92 Å². The second-order valence-electron chi connectivity index (χ2n) is 7.70. The molecule has 0 amide bonds. The zero-order valence-corrected chi connectivity index (χ0v) is 15.9. The minimum atomic E-state index is -0.651. The Bertz CT molecular complexity index is 805. The van der Waals surface area contributed by atoms with Gasteiger partial charge in [0.2, 0.25) is 0 Å². The first-order valence-corrected chi connectivity index (χ1v) is 9.37. The molecule has 1 aromatic heterocycles. The maximum absolute atomic E-state index is 6.49. The summed E-state index contributed by atoms with van der Waals surface area (Å²) in [7, 11) is 0. The molecule has 0 saturated heterocycles. The molecule has 0 unspecified atom stereocenters. The third kappa shape index (κ3) is 1.97. The first-order chi connectivity index (χ1) is 12.0. The molecule has 3 heterocycles. The van der Waals surface area contributed by atoms with Crippen LogP contribution in [-0.4, -0.2) is 19.0 Å². The van der Waals surface area contributed by atoms with E-state index in [1.54, 1.807) is 0 Å². The van der Waals surface area contributed by atoms with Crippen molar-refractivity contribution >= 4 is 0 Å². The van der Waals surface area contributed by atoms with Crippen LogP contribution in [0.1, 0.15) is 62.0 Å². The van der Waals surface area contributed by atoms with Gasteiger partial charge in [-0.3, -0.25) is 0 Å². The molecule has 0 spiro atoms. The van der Waals surface area contributed by atoms with Crippen LogP contribution in [0.4, 0.5) is 0 Å². The lowest BCUT2D eigenvalue weighted by Gasteiger charge is -2.57. The standard InChI is InChI=1S/C22H28NO2/c1-6-24-22(25-7-2)19-17-13-8-9-14-23(17)20(21(22,4)5)16-12-10-11-15(3)18(16)19/h8-14,19-20H,6-7H2,1-5H3/q+1/t19-,20+/m1/s1. The molecule has 3 nitrogen and oxygen atoms in total. The van der Waals surface area contributed by atoms with Crippen LogP contribution < -0.4 is 4.57 Å². The van der Waals surface area contributed by atoms with Gasteiger partial charge in [-0.15, -0.1) is 0 Å². The predicted octanol–water partition coefficient (Wildman–Crippen LogP) is 4.13. The number of ether oxygens (including phenoxy) is 2. The molecule has 1 aromatic carbocycles. The van der Waals surface area contributed by atoms with E-state index in [2.05, 4.69) is 81.8 Å². The average molecular weight is 338 g/mol. The quantitative estimate of drug-likeness (QED) is 0.618. The number of benzene rings is 1. The van der Waals surface area contributed by atoms with Crippen molar-refractivity contribution in [3.8, 4) is 0 Å². The van der Waals surface area contributed by atoms with Crippen LogP contribution in [0.2, 0.25) is 0 Å². The summed E-state index contributed by atoms with van der Waals surface area (Å²) in [6, 6.07) is 13.3. The second-order valence-corrected chi connectivity index (χ2v) is 7.70. The molecule has 3 heteroatoms. The Morgan fingerprint density at radius 2 is 1.72 bits per heavy atom. The Labute approximate surface area is 150 Å². The van der Waals surface area contributed by atoms with Gasteiger partial charge in [0.15, 0.2) is 23.7 Å². The van der Waals surface area contributed by atoms with E-state index in [-0.39, 0.29) is 17.4 Å². The maximum atomic E-state index is 6.49. The minimum absolute atomic E-state index is 0.0739. The molecule has 2 bridgehead atoms. The van der Waals surface area contributed by atoms with E-state index < -0.39 is 5.79 Å². The Morgan fingerprint density at radius 3 is 2.40 bits per heavy atom. The van der Waals surface area contributed by atoms with Crippen LogP contribution in [0.25, 0.3) is 0 Å². The van der Waals surface area contributed by atoms with E-state index in [9.17, 15) is 0 Å². The monoisotopic (exact) mass is 338 g/mol. The number of aryl methyl sites for hydroxylation is 1. The molecule has 25 heavy (non-hydrogen) atoms. The van der Waals surface area contributed by atoms with E-state index in [4.69, 9.17) is 9.47 Å². The van der Waals surface area contributed by atoms with Gasteiger partial charge in [0.05, 0.1) is 5.41 Å². The van der Waals surface area contributed by atoms with Crippen LogP contribution >= 0.6 is 0 Å². The van der Waals surface area contributed by atoms with E-state index in [1.165, 1.54) is 22.4 Å². The van der Waals surface area contributed by atoms with Gasteiger partial charge < -0.3 is 9.47 Å². The number of aromatic nitrogens is 1. The largest absolute Gasteiger partial charge is 0.348 e. The van der Waals surface area contributed by atoms with Crippen LogP contribution in [0.5, 0.6) is 0 Å². The summed E-state index contributed by atoms with van der Waals surface area (Å²) in [6.07, 6.45) is 2.21. The lowest BCUT2D eigenvalue weighted by Crippen LogP contribution is -2.72. The third-order valence-electron chi connectivity index (χ3n) is 6.12. The molecular weight excluding hydrogens is 310 g/mol. The van der Waals surface area contributed by atoms with E-state index >= 15 is 0 Å². The normalized spacial score (nSPS) is 24.7. The SMILES string of the molecule is CCOC1(OCC)[C@H]2c3c(C)cccc3[C@H]([n+]3ccccc32)C1(C)C. The molecule has 2 atom stereocenters. The Kier molecular flexibility index (Phi) is 3.78. The lowest BCUT2D eigenvalue weighted by atomic mass is 9.56. The molecule has 2 aliphatic heterocycles. The number of hydrogen-bond acceptors (Lipinski definition) is 2. The van der Waals surface area contributed by atoms with E-state index in [0.29, 0.717) is 13.2 Å². The van der Waals surface area contributed by atoms with Crippen molar-refractivity contribution in [1.29, 1.82) is 0 Å². The fraction of sp³-hybridized carbons (Fsp3) is 0.500. The highest BCUT2D eigenvalue weighted by Gasteiger charge is 2.70. The van der Waals surface area contributed by atoms with E-state index in [0.717, 1.165) is 0 Å². The molecule has 0 N–H and O–H groups in total. The van der Waals surface area contributed by atoms with Crippen molar-refractivity contribution in [2.75, 3.05) is 13.2 Å². The summed E-state index contributed by atoms with van der Waals surface area (Å²) >= 11 is 0.